The highest BCUT2D eigenvalue weighted by atomic mass is 32.1. The minimum Gasteiger partial charge on any atom is -0.348 e. The van der Waals surface area contributed by atoms with Crippen LogP contribution in [0, 0.1) is 10.1 Å². The van der Waals surface area contributed by atoms with E-state index in [1.54, 1.807) is 23.7 Å². The number of nitrogens with zero attached hydrogens (tertiary/aromatic N) is 2. The van der Waals surface area contributed by atoms with Gasteiger partial charge in [0.05, 0.1) is 11.3 Å². The molecule has 1 aromatic heterocycles. The van der Waals surface area contributed by atoms with Crippen LogP contribution in [0.3, 0.4) is 0 Å². The predicted molar refractivity (Wildman–Crippen MR) is 105 cm³/mol. The van der Waals surface area contributed by atoms with Gasteiger partial charge < -0.3 is 10.6 Å². The summed E-state index contributed by atoms with van der Waals surface area (Å²) in [4.78, 5) is 36.6. The van der Waals surface area contributed by atoms with Crippen LogP contribution in [0.2, 0.25) is 0 Å². The number of carbonyl (C=O) groups excluding carboxylic acids is 2. The Morgan fingerprint density at radius 1 is 1.25 bits per heavy atom. The van der Waals surface area contributed by atoms with Gasteiger partial charge in [-0.3, -0.25) is 19.7 Å². The standard InChI is InChI=1S/C11H9N3O3S.C8H7NO/c15-10(13-11-12-4-5-18-11)7-8-2-1-3-9(6-8)14(16)17;10-8-7-4-2-1-3-6(7)5-9-8/h1-6H,7H2,(H,12,13,15);1-4H,5H2,(H,9,10). The Morgan fingerprint density at radius 3 is 2.79 bits per heavy atom. The molecule has 1 aliphatic heterocycles. The number of anilines is 1. The summed E-state index contributed by atoms with van der Waals surface area (Å²) in [6.07, 6.45) is 1.68. The van der Waals surface area contributed by atoms with Gasteiger partial charge in [-0.1, -0.05) is 30.3 Å². The maximum absolute atomic E-state index is 11.6. The molecule has 0 bridgehead atoms. The monoisotopic (exact) mass is 396 g/mol. The van der Waals surface area contributed by atoms with E-state index >= 15 is 0 Å². The first-order chi connectivity index (χ1) is 13.5. The first-order valence-corrected chi connectivity index (χ1v) is 9.19. The molecule has 3 aromatic rings. The van der Waals surface area contributed by atoms with Crippen LogP contribution in [0.15, 0.2) is 60.1 Å². The summed E-state index contributed by atoms with van der Waals surface area (Å²) in [7, 11) is 0. The van der Waals surface area contributed by atoms with Gasteiger partial charge in [-0.25, -0.2) is 4.98 Å². The zero-order chi connectivity index (χ0) is 19.9. The third-order valence-electron chi connectivity index (χ3n) is 3.87. The van der Waals surface area contributed by atoms with E-state index in [4.69, 9.17) is 0 Å². The number of hydrogen-bond donors (Lipinski definition) is 2. The highest BCUT2D eigenvalue weighted by Crippen LogP contribution is 2.15. The van der Waals surface area contributed by atoms with Crippen molar-refractivity contribution in [1.29, 1.82) is 0 Å². The molecular weight excluding hydrogens is 380 g/mol. The molecule has 0 spiro atoms. The number of nitrogens with one attached hydrogen (secondary N) is 2. The van der Waals surface area contributed by atoms with E-state index in [1.807, 2.05) is 24.3 Å². The van der Waals surface area contributed by atoms with Crippen molar-refractivity contribution in [1.82, 2.24) is 10.3 Å². The third-order valence-corrected chi connectivity index (χ3v) is 4.55. The molecule has 0 atom stereocenters. The number of hydrogen-bond acceptors (Lipinski definition) is 6. The molecule has 0 unspecified atom stereocenters. The average molecular weight is 396 g/mol. The number of non-ortho nitro benzene ring substituents is 1. The molecule has 0 fully saturated rings. The van der Waals surface area contributed by atoms with Crippen LogP contribution < -0.4 is 10.6 Å². The predicted octanol–water partition coefficient (Wildman–Crippen LogP) is 3.16. The zero-order valence-corrected chi connectivity index (χ0v) is 15.4. The Hall–Kier alpha value is -3.59. The first-order valence-electron chi connectivity index (χ1n) is 8.31. The number of rotatable bonds is 4. The van der Waals surface area contributed by atoms with E-state index < -0.39 is 4.92 Å². The lowest BCUT2D eigenvalue weighted by Crippen LogP contribution is -2.14. The molecule has 2 aromatic carbocycles. The van der Waals surface area contributed by atoms with Gasteiger partial charge >= 0.3 is 0 Å². The van der Waals surface area contributed by atoms with Gasteiger partial charge in [0.15, 0.2) is 5.13 Å². The molecule has 2 amide bonds. The number of nitro benzene ring substituents is 1. The smallest absolute Gasteiger partial charge is 0.269 e. The molecule has 9 heteroatoms. The highest BCUT2D eigenvalue weighted by molar-refractivity contribution is 7.13. The number of fused-ring (bicyclic) bond motifs is 1. The van der Waals surface area contributed by atoms with E-state index in [0.29, 0.717) is 17.2 Å². The molecule has 4 rings (SSSR count). The van der Waals surface area contributed by atoms with Crippen molar-refractivity contribution >= 4 is 34.0 Å². The van der Waals surface area contributed by atoms with Crippen molar-refractivity contribution < 1.29 is 14.5 Å². The minimum atomic E-state index is -0.484. The van der Waals surface area contributed by atoms with Gasteiger partial charge in [0.1, 0.15) is 0 Å². The largest absolute Gasteiger partial charge is 0.348 e. The fourth-order valence-electron chi connectivity index (χ4n) is 2.58. The molecule has 0 saturated heterocycles. The molecular formula is C19H16N4O4S. The number of carbonyl (C=O) groups is 2. The van der Waals surface area contributed by atoms with Crippen LogP contribution in [-0.2, 0) is 17.8 Å². The summed E-state index contributed by atoms with van der Waals surface area (Å²) >= 11 is 1.32. The Balaban J connectivity index is 0.000000188. The van der Waals surface area contributed by atoms with Crippen LogP contribution in [-0.4, -0.2) is 21.7 Å². The van der Waals surface area contributed by atoms with E-state index in [-0.39, 0.29) is 23.9 Å². The lowest BCUT2D eigenvalue weighted by Gasteiger charge is -2.01. The number of benzene rings is 2. The summed E-state index contributed by atoms with van der Waals surface area (Å²) in [6, 6.07) is 13.6. The Labute approximate surface area is 164 Å². The third kappa shape index (κ3) is 4.98. The van der Waals surface area contributed by atoms with E-state index in [0.717, 1.165) is 11.1 Å². The molecule has 2 heterocycles. The maximum Gasteiger partial charge on any atom is 0.269 e. The first kappa shape index (κ1) is 19.2. The number of nitro groups is 1. The SMILES string of the molecule is O=C(Cc1cccc([N+](=O)[O-])c1)Nc1nccs1.O=C1NCc2ccccc21. The quantitative estimate of drug-likeness (QED) is 0.519. The van der Waals surface area contributed by atoms with Crippen LogP contribution in [0.1, 0.15) is 21.5 Å². The van der Waals surface area contributed by atoms with E-state index in [2.05, 4.69) is 15.6 Å². The van der Waals surface area contributed by atoms with Crippen molar-refractivity contribution in [2.75, 3.05) is 5.32 Å². The fraction of sp³-hybridized carbons (Fsp3) is 0.105. The second-order valence-corrected chi connectivity index (χ2v) is 6.72. The highest BCUT2D eigenvalue weighted by Gasteiger charge is 2.16. The maximum atomic E-state index is 11.6. The topological polar surface area (TPSA) is 114 Å². The Kier molecular flexibility index (Phi) is 6.07. The minimum absolute atomic E-state index is 0.0189. The van der Waals surface area contributed by atoms with E-state index in [1.165, 1.54) is 23.5 Å². The van der Waals surface area contributed by atoms with Gasteiger partial charge in [0, 0.05) is 35.8 Å². The summed E-state index contributed by atoms with van der Waals surface area (Å²) in [6.45, 7) is 0.689. The number of aromatic nitrogens is 1. The fourth-order valence-corrected chi connectivity index (χ4v) is 3.13. The summed E-state index contributed by atoms with van der Waals surface area (Å²) < 4.78 is 0. The normalized spacial score (nSPS) is 11.6. The number of amides is 2. The zero-order valence-electron chi connectivity index (χ0n) is 14.6. The lowest BCUT2D eigenvalue weighted by atomic mass is 10.1. The van der Waals surface area contributed by atoms with Gasteiger partial charge in [-0.05, 0) is 17.2 Å². The lowest BCUT2D eigenvalue weighted by molar-refractivity contribution is -0.384. The van der Waals surface area contributed by atoms with Crippen molar-refractivity contribution in [2.24, 2.45) is 0 Å². The van der Waals surface area contributed by atoms with Crippen LogP contribution in [0.4, 0.5) is 10.8 Å². The van der Waals surface area contributed by atoms with Crippen LogP contribution >= 0.6 is 11.3 Å². The molecule has 0 aliphatic carbocycles. The molecule has 0 radical (unpaired) electrons. The average Bonchev–Trinajstić information content (AvgIpc) is 3.33. The van der Waals surface area contributed by atoms with Crippen molar-refractivity contribution in [3.05, 3.63) is 86.9 Å². The summed E-state index contributed by atoms with van der Waals surface area (Å²) in [5, 5.41) is 18.2. The van der Waals surface area contributed by atoms with Crippen molar-refractivity contribution in [3.8, 4) is 0 Å². The number of thiazole rings is 1. The molecule has 1 aliphatic rings. The van der Waals surface area contributed by atoms with Crippen LogP contribution in [0.5, 0.6) is 0 Å². The van der Waals surface area contributed by atoms with E-state index in [9.17, 15) is 19.7 Å². The molecule has 142 valence electrons. The van der Waals surface area contributed by atoms with Crippen molar-refractivity contribution in [3.63, 3.8) is 0 Å². The van der Waals surface area contributed by atoms with Gasteiger partial charge in [-0.15, -0.1) is 11.3 Å². The van der Waals surface area contributed by atoms with Crippen LogP contribution in [0.25, 0.3) is 0 Å². The molecule has 0 saturated carbocycles. The van der Waals surface area contributed by atoms with Crippen molar-refractivity contribution in [2.45, 2.75) is 13.0 Å². The summed E-state index contributed by atoms with van der Waals surface area (Å²) in [5.74, 6) is -0.193. The van der Waals surface area contributed by atoms with Gasteiger partial charge in [0.2, 0.25) is 5.91 Å². The molecule has 2 N–H and O–H groups in total. The second kappa shape index (κ2) is 8.87. The molecule has 28 heavy (non-hydrogen) atoms. The van der Waals surface area contributed by atoms with Gasteiger partial charge in [0.25, 0.3) is 11.6 Å². The second-order valence-electron chi connectivity index (χ2n) is 5.83. The Bertz CT molecular complexity index is 1000. The molecule has 8 nitrogen and oxygen atoms in total. The van der Waals surface area contributed by atoms with Gasteiger partial charge in [-0.2, -0.15) is 0 Å². The summed E-state index contributed by atoms with van der Waals surface area (Å²) in [5.41, 5.74) is 2.50. The Morgan fingerprint density at radius 2 is 2.07 bits per heavy atom.